The van der Waals surface area contributed by atoms with Crippen LogP contribution in [0.1, 0.15) is 68.1 Å². The summed E-state index contributed by atoms with van der Waals surface area (Å²) in [5, 5.41) is 22.1. The Morgan fingerprint density at radius 1 is 1.17 bits per heavy atom. The predicted octanol–water partition coefficient (Wildman–Crippen LogP) is 5.57. The molecule has 42 heavy (non-hydrogen) atoms. The van der Waals surface area contributed by atoms with Gasteiger partial charge in [0.05, 0.1) is 24.3 Å². The number of carboxylic acid groups (broad SMARTS) is 1. The van der Waals surface area contributed by atoms with Gasteiger partial charge in [-0.25, -0.2) is 0 Å². The summed E-state index contributed by atoms with van der Waals surface area (Å²) in [6.45, 7) is 3.94. The number of ether oxygens (including phenoxy) is 1. The van der Waals surface area contributed by atoms with Gasteiger partial charge in [-0.05, 0) is 98.2 Å². The van der Waals surface area contributed by atoms with E-state index in [9.17, 15) is 19.8 Å². The van der Waals surface area contributed by atoms with Gasteiger partial charge in [-0.15, -0.1) is 0 Å². The minimum absolute atomic E-state index is 0.110. The Balaban J connectivity index is 1.43. The molecule has 1 saturated carbocycles. The summed E-state index contributed by atoms with van der Waals surface area (Å²) in [5.74, 6) is -1.00. The highest BCUT2D eigenvalue weighted by atomic mass is 35.5. The molecule has 1 fully saturated rings. The molecule has 1 amide bonds. The minimum Gasteiger partial charge on any atom is -0.490 e. The molecule has 0 aromatic heterocycles. The van der Waals surface area contributed by atoms with Gasteiger partial charge in [0.2, 0.25) is 5.91 Å². The number of hydrogen-bond donors (Lipinski definition) is 2. The smallest absolute Gasteiger partial charge is 0.311 e. The number of aliphatic hydroxyl groups is 1. The predicted molar refractivity (Wildman–Crippen MR) is 163 cm³/mol. The molecule has 7 nitrogen and oxygen atoms in total. The topological polar surface area (TPSA) is 90.3 Å². The molecule has 1 unspecified atom stereocenters. The quantitative estimate of drug-likeness (QED) is 0.421. The third-order valence-corrected chi connectivity index (χ3v) is 10.6. The molecule has 2 aromatic carbocycles. The maximum atomic E-state index is 13.2. The molecule has 224 valence electrons. The maximum Gasteiger partial charge on any atom is 0.311 e. The van der Waals surface area contributed by atoms with Crippen molar-refractivity contribution in [3.8, 4) is 5.75 Å². The number of anilines is 1. The first-order valence-corrected chi connectivity index (χ1v) is 15.7. The lowest BCUT2D eigenvalue weighted by Crippen LogP contribution is -2.49. The number of carbonyl (C=O) groups is 2. The van der Waals surface area contributed by atoms with Crippen LogP contribution in [0.5, 0.6) is 5.75 Å². The molecule has 1 spiro atoms. The van der Waals surface area contributed by atoms with Crippen LogP contribution in [-0.4, -0.2) is 65.9 Å². The van der Waals surface area contributed by atoms with Crippen molar-refractivity contribution in [1.82, 2.24) is 4.90 Å². The van der Waals surface area contributed by atoms with Crippen molar-refractivity contribution < 1.29 is 24.5 Å². The summed E-state index contributed by atoms with van der Waals surface area (Å²) in [6.07, 6.45) is 8.80. The third kappa shape index (κ3) is 5.42. The highest BCUT2D eigenvalue weighted by Gasteiger charge is 2.44. The Morgan fingerprint density at radius 3 is 2.76 bits per heavy atom. The second-order valence-corrected chi connectivity index (χ2v) is 13.4. The molecule has 0 radical (unpaired) electrons. The molecular formula is C34H41ClN2O5. The lowest BCUT2D eigenvalue weighted by molar-refractivity contribution is -0.143. The molecule has 0 saturated heterocycles. The van der Waals surface area contributed by atoms with Gasteiger partial charge in [0, 0.05) is 43.0 Å². The summed E-state index contributed by atoms with van der Waals surface area (Å²) in [6, 6.07) is 11.7. The summed E-state index contributed by atoms with van der Waals surface area (Å²) >= 11 is 6.40. The van der Waals surface area contributed by atoms with Crippen molar-refractivity contribution >= 4 is 29.2 Å². The van der Waals surface area contributed by atoms with Crippen LogP contribution in [0.25, 0.3) is 0 Å². The minimum atomic E-state index is -1.01. The highest BCUT2D eigenvalue weighted by Crippen LogP contribution is 2.47. The van der Waals surface area contributed by atoms with Crippen LogP contribution < -0.4 is 9.64 Å². The van der Waals surface area contributed by atoms with Gasteiger partial charge >= 0.3 is 5.97 Å². The molecule has 4 aliphatic rings. The van der Waals surface area contributed by atoms with Crippen LogP contribution in [0, 0.1) is 11.8 Å². The fraction of sp³-hybridized carbons (Fsp3) is 0.529. The molecular weight excluding hydrogens is 552 g/mol. The Morgan fingerprint density at radius 2 is 2.00 bits per heavy atom. The Bertz CT molecular complexity index is 1390. The molecule has 2 aromatic rings. The number of nitrogens with zero attached hydrogens (tertiary/aromatic N) is 2. The van der Waals surface area contributed by atoms with E-state index in [1.54, 1.807) is 18.0 Å². The molecule has 2 N–H and O–H groups in total. The van der Waals surface area contributed by atoms with Gasteiger partial charge in [-0.1, -0.05) is 35.9 Å². The number of amides is 1. The van der Waals surface area contributed by atoms with E-state index in [4.69, 9.17) is 16.3 Å². The molecule has 2 heterocycles. The first kappa shape index (κ1) is 29.1. The van der Waals surface area contributed by atoms with Crippen LogP contribution in [0.3, 0.4) is 0 Å². The first-order valence-electron chi connectivity index (χ1n) is 15.3. The van der Waals surface area contributed by atoms with Crippen LogP contribution >= 0.6 is 11.6 Å². The summed E-state index contributed by atoms with van der Waals surface area (Å²) in [5.41, 5.74) is 3.78. The van der Waals surface area contributed by atoms with Crippen molar-refractivity contribution in [3.63, 3.8) is 0 Å². The Labute approximate surface area is 253 Å². The normalized spacial score (nSPS) is 32.2. The average molecular weight is 593 g/mol. The fourth-order valence-electron chi connectivity index (χ4n) is 7.53. The third-order valence-electron chi connectivity index (χ3n) is 10.4. The van der Waals surface area contributed by atoms with Crippen LogP contribution in [0.2, 0.25) is 5.02 Å². The van der Waals surface area contributed by atoms with E-state index in [-0.39, 0.29) is 29.7 Å². The Hall–Kier alpha value is -3.03. The SMILES string of the molecule is C[C@H]1C/C=C/[C@H](O)[C@@H]2CC[C@H]2CN2C[C@@]3(CCCc4cc(Cl)ccc43)COc3ccc(cc32)C(C(=O)O)CC(=O)N1C. The Kier molecular flexibility index (Phi) is 8.01. The second-order valence-electron chi connectivity index (χ2n) is 12.9. The van der Waals surface area contributed by atoms with Crippen LogP contribution in [0.15, 0.2) is 48.6 Å². The lowest BCUT2D eigenvalue weighted by atomic mass is 9.68. The monoisotopic (exact) mass is 592 g/mol. The zero-order valence-corrected chi connectivity index (χ0v) is 25.2. The van der Waals surface area contributed by atoms with E-state index in [2.05, 4.69) is 17.0 Å². The number of aliphatic hydroxyl groups excluding tert-OH is 1. The number of halogens is 1. The fourth-order valence-corrected chi connectivity index (χ4v) is 7.72. The zero-order chi connectivity index (χ0) is 29.6. The number of hydrogen-bond acceptors (Lipinski definition) is 5. The van der Waals surface area contributed by atoms with Crippen LogP contribution in [-0.2, 0) is 21.4 Å². The molecule has 2 bridgehead atoms. The average Bonchev–Trinajstić information content (AvgIpc) is 3.09. The lowest BCUT2D eigenvalue weighted by Gasteiger charge is -2.45. The van der Waals surface area contributed by atoms with E-state index in [1.807, 2.05) is 37.3 Å². The number of aryl methyl sites for hydroxylation is 1. The maximum absolute atomic E-state index is 13.2. The standard InChI is InChI=1S/C34H41ClN2O5/c1-21-5-3-7-30(38)26-11-8-24(26)18-37-19-34(14-4-6-23-15-25(35)10-12-28(23)34)20-42-31-13-9-22(16-29(31)37)27(33(40)41)17-32(39)36(21)2/h3,7,9-10,12-13,15-16,21,24,26-27,30,38H,4-6,8,11,14,17-20H2,1-2H3,(H,40,41)/b7-3+/t21-,24-,26+,27?,30-,34-/m0/s1. The molecule has 2 aliphatic carbocycles. The molecule has 8 heteroatoms. The summed E-state index contributed by atoms with van der Waals surface area (Å²) < 4.78 is 6.59. The molecule has 6 rings (SSSR count). The van der Waals surface area contributed by atoms with E-state index in [0.717, 1.165) is 61.7 Å². The first-order chi connectivity index (χ1) is 20.1. The summed E-state index contributed by atoms with van der Waals surface area (Å²) in [7, 11) is 1.72. The van der Waals surface area contributed by atoms with Crippen molar-refractivity contribution in [2.24, 2.45) is 11.8 Å². The van der Waals surface area contributed by atoms with Crippen molar-refractivity contribution in [3.05, 3.63) is 70.3 Å². The molecule has 6 atom stereocenters. The van der Waals surface area contributed by atoms with Gasteiger partial charge in [0.25, 0.3) is 0 Å². The number of benzene rings is 2. The van der Waals surface area contributed by atoms with Gasteiger partial charge in [-0.2, -0.15) is 0 Å². The second kappa shape index (κ2) is 11.6. The van der Waals surface area contributed by atoms with E-state index in [0.29, 0.717) is 24.5 Å². The van der Waals surface area contributed by atoms with Gasteiger partial charge in [0.1, 0.15) is 5.75 Å². The highest BCUT2D eigenvalue weighted by molar-refractivity contribution is 6.30. The number of fused-ring (bicyclic) bond motifs is 4. The van der Waals surface area contributed by atoms with E-state index in [1.165, 1.54) is 11.1 Å². The number of aliphatic carboxylic acids is 1. The van der Waals surface area contributed by atoms with Gasteiger partial charge < -0.3 is 24.7 Å². The number of carboxylic acids is 1. The zero-order valence-electron chi connectivity index (χ0n) is 24.5. The van der Waals surface area contributed by atoms with Crippen molar-refractivity contribution in [2.75, 3.05) is 31.6 Å². The number of rotatable bonds is 1. The van der Waals surface area contributed by atoms with Gasteiger partial charge in [0.15, 0.2) is 0 Å². The van der Waals surface area contributed by atoms with Crippen molar-refractivity contribution in [2.45, 2.75) is 75.3 Å². The van der Waals surface area contributed by atoms with E-state index < -0.39 is 18.0 Å². The number of carbonyl (C=O) groups excluding carboxylic acids is 1. The largest absolute Gasteiger partial charge is 0.490 e. The molecule has 2 aliphatic heterocycles. The van der Waals surface area contributed by atoms with Gasteiger partial charge in [-0.3, -0.25) is 9.59 Å². The van der Waals surface area contributed by atoms with Crippen LogP contribution in [0.4, 0.5) is 5.69 Å². The van der Waals surface area contributed by atoms with E-state index >= 15 is 0 Å². The van der Waals surface area contributed by atoms with Crippen molar-refractivity contribution in [1.29, 1.82) is 0 Å². The summed E-state index contributed by atoms with van der Waals surface area (Å²) in [4.78, 5) is 29.8.